The molecule has 0 radical (unpaired) electrons. The van der Waals surface area contributed by atoms with Crippen LogP contribution in [0.5, 0.6) is 5.75 Å². The van der Waals surface area contributed by atoms with E-state index in [0.717, 1.165) is 37.3 Å². The minimum atomic E-state index is 0.435. The predicted octanol–water partition coefficient (Wildman–Crippen LogP) is 5.17. The Labute approximate surface area is 250 Å². The van der Waals surface area contributed by atoms with Crippen molar-refractivity contribution in [3.05, 3.63) is 94.8 Å². The maximum atomic E-state index is 10.4. The van der Waals surface area contributed by atoms with Gasteiger partial charge in [-0.05, 0) is 118 Å². The highest BCUT2D eigenvalue weighted by atomic mass is 16.3. The van der Waals surface area contributed by atoms with Gasteiger partial charge in [-0.3, -0.25) is 9.88 Å². The van der Waals surface area contributed by atoms with Crippen molar-refractivity contribution in [2.75, 3.05) is 70.0 Å². The van der Waals surface area contributed by atoms with E-state index in [1.165, 1.54) is 36.1 Å². The standard InChI is InChI=1S/C15H27N3O.C10H14N2.C9H13N/c1-16(2)9-12-7-13(10-17(3)4)15(19)14(8-12)11-18(5)6;1-12-7-3-5-10(12)9-4-2-6-11-8-9;1-10(2)8-9-6-4-3-5-7-9/h7-8,19H,9-11H2,1-6H3;2,4,6,8,10H,3,5,7H2,1H3;3-7H,8H2,1-2H3. The van der Waals surface area contributed by atoms with Crippen LogP contribution in [0.25, 0.3) is 0 Å². The third-order valence-corrected chi connectivity index (χ3v) is 6.73. The lowest BCUT2D eigenvalue weighted by Gasteiger charge is -2.19. The normalized spacial score (nSPS) is 15.2. The number of hydrogen-bond donors (Lipinski definition) is 1. The summed E-state index contributed by atoms with van der Waals surface area (Å²) in [5.74, 6) is 0.435. The van der Waals surface area contributed by atoms with E-state index in [1.54, 1.807) is 0 Å². The first kappa shape index (κ1) is 34.4. The second kappa shape index (κ2) is 17.9. The molecule has 2 aromatic carbocycles. The second-order valence-electron chi connectivity index (χ2n) is 12.1. The van der Waals surface area contributed by atoms with Gasteiger partial charge in [0.15, 0.2) is 0 Å². The van der Waals surface area contributed by atoms with Crippen molar-refractivity contribution >= 4 is 0 Å². The fourth-order valence-corrected chi connectivity index (χ4v) is 5.06. The molecule has 1 aromatic heterocycles. The topological polar surface area (TPSA) is 49.3 Å². The smallest absolute Gasteiger partial charge is 0.124 e. The van der Waals surface area contributed by atoms with Gasteiger partial charge in [0, 0.05) is 55.7 Å². The Bertz CT molecular complexity index is 1090. The summed E-state index contributed by atoms with van der Waals surface area (Å²) in [5, 5.41) is 10.4. The largest absolute Gasteiger partial charge is 0.507 e. The Morgan fingerprint density at radius 2 is 1.27 bits per heavy atom. The van der Waals surface area contributed by atoms with Crippen molar-refractivity contribution in [1.82, 2.24) is 29.5 Å². The molecule has 41 heavy (non-hydrogen) atoms. The molecule has 1 N–H and O–H groups in total. The van der Waals surface area contributed by atoms with E-state index < -0.39 is 0 Å². The number of likely N-dealkylation sites (tertiary alicyclic amines) is 1. The van der Waals surface area contributed by atoms with Crippen LogP contribution in [-0.4, -0.2) is 105 Å². The van der Waals surface area contributed by atoms with Crippen molar-refractivity contribution in [2.45, 2.75) is 45.1 Å². The fraction of sp³-hybridized carbons (Fsp3) is 0.500. The molecule has 1 unspecified atom stereocenters. The zero-order valence-electron chi connectivity index (χ0n) is 27.0. The molecule has 0 spiro atoms. The van der Waals surface area contributed by atoms with Gasteiger partial charge < -0.3 is 24.7 Å². The summed E-state index contributed by atoms with van der Waals surface area (Å²) in [6, 6.07) is 19.5. The van der Waals surface area contributed by atoms with Crippen LogP contribution in [0.3, 0.4) is 0 Å². The summed E-state index contributed by atoms with van der Waals surface area (Å²) in [7, 11) is 18.5. The molecule has 226 valence electrons. The molecule has 0 amide bonds. The highest BCUT2D eigenvalue weighted by Gasteiger charge is 2.22. The number of phenols is 1. The molecule has 0 aliphatic carbocycles. The zero-order valence-corrected chi connectivity index (χ0v) is 27.0. The third kappa shape index (κ3) is 13.1. The van der Waals surface area contributed by atoms with Gasteiger partial charge in [0.25, 0.3) is 0 Å². The summed E-state index contributed by atoms with van der Waals surface area (Å²) < 4.78 is 0. The first-order valence-electron chi connectivity index (χ1n) is 14.5. The van der Waals surface area contributed by atoms with Gasteiger partial charge in [-0.1, -0.05) is 36.4 Å². The molecular formula is C34H54N6O. The first-order chi connectivity index (χ1) is 19.5. The van der Waals surface area contributed by atoms with Crippen LogP contribution >= 0.6 is 0 Å². The van der Waals surface area contributed by atoms with Crippen LogP contribution in [0, 0.1) is 0 Å². The number of phenolic OH excluding ortho intramolecular Hbond substituents is 1. The van der Waals surface area contributed by atoms with E-state index in [-0.39, 0.29) is 0 Å². The number of aromatic hydroxyl groups is 1. The lowest BCUT2D eigenvalue weighted by Crippen LogP contribution is -2.17. The van der Waals surface area contributed by atoms with Crippen molar-refractivity contribution in [2.24, 2.45) is 0 Å². The Balaban J connectivity index is 0.000000229. The molecule has 1 saturated heterocycles. The first-order valence-corrected chi connectivity index (χ1v) is 14.5. The van der Waals surface area contributed by atoms with Crippen molar-refractivity contribution < 1.29 is 5.11 Å². The van der Waals surface area contributed by atoms with Gasteiger partial charge in [-0.15, -0.1) is 0 Å². The van der Waals surface area contributed by atoms with Crippen LogP contribution in [0.2, 0.25) is 0 Å². The van der Waals surface area contributed by atoms with Crippen molar-refractivity contribution in [1.29, 1.82) is 0 Å². The number of benzene rings is 2. The summed E-state index contributed by atoms with van der Waals surface area (Å²) in [6.45, 7) is 4.66. The summed E-state index contributed by atoms with van der Waals surface area (Å²) in [4.78, 5) is 15.0. The Kier molecular flexibility index (Phi) is 15.0. The minimum Gasteiger partial charge on any atom is -0.507 e. The SMILES string of the molecule is CN(C)Cc1cc(CN(C)C)c(O)c(CN(C)C)c1.CN(C)Cc1ccccc1.CN1CCCC1c1cccnc1. The van der Waals surface area contributed by atoms with Crippen LogP contribution in [0.15, 0.2) is 67.0 Å². The highest BCUT2D eigenvalue weighted by molar-refractivity contribution is 5.44. The Hall–Kier alpha value is -2.81. The average Bonchev–Trinajstić information content (AvgIpc) is 3.33. The summed E-state index contributed by atoms with van der Waals surface area (Å²) in [5.41, 5.74) is 5.98. The molecular weight excluding hydrogens is 508 g/mol. The maximum Gasteiger partial charge on any atom is 0.124 e. The highest BCUT2D eigenvalue weighted by Crippen LogP contribution is 2.29. The molecule has 2 heterocycles. The molecule has 1 fully saturated rings. The van der Waals surface area contributed by atoms with E-state index in [4.69, 9.17) is 0 Å². The van der Waals surface area contributed by atoms with Crippen LogP contribution < -0.4 is 0 Å². The van der Waals surface area contributed by atoms with Crippen LogP contribution in [0.4, 0.5) is 0 Å². The van der Waals surface area contributed by atoms with Crippen molar-refractivity contribution in [3.63, 3.8) is 0 Å². The van der Waals surface area contributed by atoms with E-state index in [0.29, 0.717) is 11.8 Å². The lowest BCUT2D eigenvalue weighted by molar-refractivity contribution is 0.317. The Morgan fingerprint density at radius 3 is 1.71 bits per heavy atom. The van der Waals surface area contributed by atoms with Gasteiger partial charge in [-0.2, -0.15) is 0 Å². The zero-order chi connectivity index (χ0) is 30.4. The minimum absolute atomic E-state index is 0.435. The monoisotopic (exact) mass is 562 g/mol. The summed E-state index contributed by atoms with van der Waals surface area (Å²) in [6.07, 6.45) is 6.41. The van der Waals surface area contributed by atoms with E-state index in [9.17, 15) is 5.11 Å². The van der Waals surface area contributed by atoms with E-state index in [1.807, 2.05) is 52.7 Å². The molecule has 1 aliphatic rings. The average molecular weight is 563 g/mol. The quantitative estimate of drug-likeness (QED) is 0.386. The van der Waals surface area contributed by atoms with Gasteiger partial charge in [-0.25, -0.2) is 0 Å². The number of nitrogens with zero attached hydrogens (tertiary/aromatic N) is 6. The molecule has 0 bridgehead atoms. The molecule has 0 saturated carbocycles. The van der Waals surface area contributed by atoms with Crippen molar-refractivity contribution in [3.8, 4) is 5.75 Å². The molecule has 3 aromatic rings. The van der Waals surface area contributed by atoms with Gasteiger partial charge in [0.1, 0.15) is 5.75 Å². The summed E-state index contributed by atoms with van der Waals surface area (Å²) >= 11 is 0. The van der Waals surface area contributed by atoms with Gasteiger partial charge >= 0.3 is 0 Å². The molecule has 4 rings (SSSR count). The second-order valence-corrected chi connectivity index (χ2v) is 12.1. The Morgan fingerprint density at radius 1 is 0.732 bits per heavy atom. The van der Waals surface area contributed by atoms with Gasteiger partial charge in [0.2, 0.25) is 0 Å². The van der Waals surface area contributed by atoms with E-state index in [2.05, 4.69) is 107 Å². The third-order valence-electron chi connectivity index (χ3n) is 6.73. The lowest BCUT2D eigenvalue weighted by atomic mass is 10.0. The van der Waals surface area contributed by atoms with Gasteiger partial charge in [0.05, 0.1) is 0 Å². The molecule has 7 nitrogen and oxygen atoms in total. The molecule has 1 aliphatic heterocycles. The molecule has 7 heteroatoms. The number of pyridine rings is 1. The number of hydrogen-bond acceptors (Lipinski definition) is 7. The molecule has 1 atom stereocenters. The fourth-order valence-electron chi connectivity index (χ4n) is 5.06. The van der Waals surface area contributed by atoms with E-state index >= 15 is 0 Å². The number of rotatable bonds is 9. The van der Waals surface area contributed by atoms with Crippen LogP contribution in [-0.2, 0) is 26.2 Å². The maximum absolute atomic E-state index is 10.4. The van der Waals surface area contributed by atoms with Crippen LogP contribution in [0.1, 0.15) is 46.7 Å². The predicted molar refractivity (Wildman–Crippen MR) is 173 cm³/mol. The number of aromatic nitrogens is 1.